The number of ether oxygens (including phenoxy) is 2. The Morgan fingerprint density at radius 1 is 1.21 bits per heavy atom. The number of rotatable bonds is 5. The van der Waals surface area contributed by atoms with Gasteiger partial charge in [-0.3, -0.25) is 15.2 Å². The number of carbonyl (C=O) groups is 2. The quantitative estimate of drug-likeness (QED) is 0.338. The van der Waals surface area contributed by atoms with E-state index in [4.69, 9.17) is 19.3 Å². The number of aliphatic imine (C=N–C) groups is 1. The van der Waals surface area contributed by atoms with E-state index in [1.165, 1.54) is 48.4 Å². The number of esters is 1. The highest BCUT2D eigenvalue weighted by Gasteiger charge is 2.36. The van der Waals surface area contributed by atoms with Crippen LogP contribution in [0.15, 0.2) is 81.2 Å². The SMILES string of the molecule is COc1cc(/C=C2/C(=N)N3N=C(c4cccnc4)SC3=NC2=O)ccc1OC(=O)c1ccco1. The molecule has 1 amide bonds. The van der Waals surface area contributed by atoms with Gasteiger partial charge in [0.15, 0.2) is 17.3 Å². The summed E-state index contributed by atoms with van der Waals surface area (Å²) in [7, 11) is 1.43. The number of hydrogen-bond donors (Lipinski definition) is 1. The van der Waals surface area contributed by atoms with E-state index in [-0.39, 0.29) is 28.7 Å². The highest BCUT2D eigenvalue weighted by molar-refractivity contribution is 8.27. The Labute approximate surface area is 197 Å². The van der Waals surface area contributed by atoms with Crippen molar-refractivity contribution in [3.63, 3.8) is 0 Å². The van der Waals surface area contributed by atoms with Crippen molar-refractivity contribution in [2.45, 2.75) is 0 Å². The Kier molecular flexibility index (Phi) is 5.52. The fraction of sp³-hybridized carbons (Fsp3) is 0.0435. The number of aromatic nitrogens is 1. The lowest BCUT2D eigenvalue weighted by Crippen LogP contribution is -2.35. The average molecular weight is 473 g/mol. The minimum atomic E-state index is -0.672. The number of furan rings is 1. The van der Waals surface area contributed by atoms with Gasteiger partial charge in [-0.1, -0.05) is 6.07 Å². The molecule has 5 rings (SSSR count). The van der Waals surface area contributed by atoms with Crippen LogP contribution < -0.4 is 9.47 Å². The molecule has 34 heavy (non-hydrogen) atoms. The van der Waals surface area contributed by atoms with Crippen LogP contribution in [0.25, 0.3) is 6.08 Å². The van der Waals surface area contributed by atoms with E-state index in [1.807, 2.05) is 6.07 Å². The first kappa shape index (κ1) is 21.3. The Morgan fingerprint density at radius 2 is 2.09 bits per heavy atom. The molecule has 11 heteroatoms. The van der Waals surface area contributed by atoms with Gasteiger partial charge in [0.2, 0.25) is 10.9 Å². The summed E-state index contributed by atoms with van der Waals surface area (Å²) in [6, 6.07) is 11.4. The first-order valence-electron chi connectivity index (χ1n) is 9.88. The van der Waals surface area contributed by atoms with Gasteiger partial charge in [0.25, 0.3) is 5.91 Å². The number of methoxy groups -OCH3 is 1. The van der Waals surface area contributed by atoms with E-state index in [0.717, 1.165) is 5.56 Å². The minimum Gasteiger partial charge on any atom is -0.493 e. The maximum Gasteiger partial charge on any atom is 0.379 e. The number of nitrogens with one attached hydrogen (secondary N) is 1. The summed E-state index contributed by atoms with van der Waals surface area (Å²) in [5, 5.41) is 15.2. The van der Waals surface area contributed by atoms with Crippen LogP contribution in [-0.2, 0) is 4.79 Å². The molecule has 168 valence electrons. The molecule has 2 aromatic heterocycles. The molecule has 0 unspecified atom stereocenters. The molecule has 2 aliphatic rings. The van der Waals surface area contributed by atoms with Crippen LogP contribution in [0.1, 0.15) is 21.7 Å². The first-order valence-corrected chi connectivity index (χ1v) is 10.7. The monoisotopic (exact) mass is 473 g/mol. The number of nitrogens with zero attached hydrogens (tertiary/aromatic N) is 4. The summed E-state index contributed by atoms with van der Waals surface area (Å²) >= 11 is 1.20. The fourth-order valence-corrected chi connectivity index (χ4v) is 4.05. The minimum absolute atomic E-state index is 0.0536. The summed E-state index contributed by atoms with van der Waals surface area (Å²) in [5.41, 5.74) is 1.37. The predicted molar refractivity (Wildman–Crippen MR) is 125 cm³/mol. The van der Waals surface area contributed by atoms with Crippen LogP contribution in [-0.4, -0.2) is 45.0 Å². The number of carbonyl (C=O) groups excluding carboxylic acids is 2. The van der Waals surface area contributed by atoms with Gasteiger partial charge in [-0.25, -0.2) is 4.79 Å². The molecule has 0 saturated carbocycles. The second-order valence-electron chi connectivity index (χ2n) is 6.94. The van der Waals surface area contributed by atoms with E-state index < -0.39 is 11.9 Å². The summed E-state index contributed by atoms with van der Waals surface area (Å²) in [4.78, 5) is 33.0. The highest BCUT2D eigenvalue weighted by Crippen LogP contribution is 2.33. The van der Waals surface area contributed by atoms with Crippen molar-refractivity contribution in [1.29, 1.82) is 5.41 Å². The van der Waals surface area contributed by atoms with Gasteiger partial charge in [0.05, 0.1) is 18.9 Å². The number of hydrogen-bond acceptors (Lipinski definition) is 9. The van der Waals surface area contributed by atoms with E-state index in [2.05, 4.69) is 15.1 Å². The number of hydrazone groups is 1. The lowest BCUT2D eigenvalue weighted by Gasteiger charge is -2.20. The van der Waals surface area contributed by atoms with Crippen LogP contribution in [0.4, 0.5) is 0 Å². The van der Waals surface area contributed by atoms with Crippen molar-refractivity contribution >= 4 is 45.8 Å². The van der Waals surface area contributed by atoms with Crippen LogP contribution in [0.2, 0.25) is 0 Å². The Balaban J connectivity index is 1.41. The molecule has 1 N–H and O–H groups in total. The molecule has 10 nitrogen and oxygen atoms in total. The van der Waals surface area contributed by atoms with Gasteiger partial charge in [0, 0.05) is 18.0 Å². The van der Waals surface area contributed by atoms with Crippen molar-refractivity contribution in [2.24, 2.45) is 10.1 Å². The van der Waals surface area contributed by atoms with E-state index in [0.29, 0.717) is 15.8 Å². The first-order chi connectivity index (χ1) is 16.5. The molecule has 0 radical (unpaired) electrons. The van der Waals surface area contributed by atoms with Crippen LogP contribution in [0, 0.1) is 5.41 Å². The molecule has 0 bridgehead atoms. The number of fused-ring (bicyclic) bond motifs is 1. The fourth-order valence-electron chi connectivity index (χ4n) is 3.17. The van der Waals surface area contributed by atoms with Crippen molar-refractivity contribution < 1.29 is 23.5 Å². The van der Waals surface area contributed by atoms with E-state index in [1.54, 1.807) is 36.7 Å². The molecule has 0 aliphatic carbocycles. The largest absolute Gasteiger partial charge is 0.493 e. The topological polar surface area (TPSA) is 130 Å². The second kappa shape index (κ2) is 8.79. The Hall–Kier alpha value is -4.51. The predicted octanol–water partition coefficient (Wildman–Crippen LogP) is 3.57. The van der Waals surface area contributed by atoms with Gasteiger partial charge in [-0.15, -0.1) is 0 Å². The molecular formula is C23H15N5O5S. The smallest absolute Gasteiger partial charge is 0.379 e. The van der Waals surface area contributed by atoms with E-state index in [9.17, 15) is 9.59 Å². The lowest BCUT2D eigenvalue weighted by atomic mass is 10.1. The third-order valence-corrected chi connectivity index (χ3v) is 5.74. The van der Waals surface area contributed by atoms with Gasteiger partial charge in [-0.2, -0.15) is 15.1 Å². The third-order valence-electron chi connectivity index (χ3n) is 4.79. The number of amidine groups is 2. The molecule has 1 aromatic carbocycles. The van der Waals surface area contributed by atoms with Crippen molar-refractivity contribution in [2.75, 3.05) is 7.11 Å². The summed E-state index contributed by atoms with van der Waals surface area (Å²) in [6.07, 6.45) is 6.18. The Bertz CT molecular complexity index is 1400. The Morgan fingerprint density at radius 3 is 2.82 bits per heavy atom. The highest BCUT2D eigenvalue weighted by atomic mass is 32.2. The zero-order valence-corrected chi connectivity index (χ0v) is 18.4. The van der Waals surface area contributed by atoms with Crippen LogP contribution in [0.3, 0.4) is 0 Å². The van der Waals surface area contributed by atoms with Gasteiger partial charge in [0.1, 0.15) is 5.04 Å². The number of thioether (sulfide) groups is 1. The second-order valence-corrected chi connectivity index (χ2v) is 7.90. The van der Waals surface area contributed by atoms with Crippen molar-refractivity contribution in [3.8, 4) is 11.5 Å². The maximum absolute atomic E-state index is 12.7. The molecule has 0 atom stereocenters. The molecular weight excluding hydrogens is 458 g/mol. The summed E-state index contributed by atoms with van der Waals surface area (Å²) in [6.45, 7) is 0. The van der Waals surface area contributed by atoms with Crippen molar-refractivity contribution in [1.82, 2.24) is 9.99 Å². The maximum atomic E-state index is 12.7. The third kappa shape index (κ3) is 3.99. The van der Waals surface area contributed by atoms with Gasteiger partial charge in [-0.05, 0) is 59.8 Å². The van der Waals surface area contributed by atoms with E-state index >= 15 is 0 Å². The molecule has 3 aromatic rings. The number of benzene rings is 1. The van der Waals surface area contributed by atoms with Gasteiger partial charge >= 0.3 is 5.97 Å². The normalized spacial score (nSPS) is 16.3. The number of amides is 1. The van der Waals surface area contributed by atoms with Crippen LogP contribution in [0.5, 0.6) is 11.5 Å². The van der Waals surface area contributed by atoms with Gasteiger partial charge < -0.3 is 13.9 Å². The lowest BCUT2D eigenvalue weighted by molar-refractivity contribution is -0.114. The standard InChI is InChI=1S/C23H15N5O5S/c1-31-18-11-13(6-7-16(18)33-22(30)17-5-3-9-32-17)10-15-19(24)28-23(26-20(15)29)34-21(27-28)14-4-2-8-25-12-14/h2-12,24H,1H3/b15-10-,24-19?. The molecule has 4 heterocycles. The molecule has 0 fully saturated rings. The van der Waals surface area contributed by atoms with Crippen LogP contribution >= 0.6 is 11.8 Å². The average Bonchev–Trinajstić information content (AvgIpc) is 3.54. The number of pyridine rings is 1. The summed E-state index contributed by atoms with van der Waals surface area (Å²) in [5.74, 6) is -0.834. The molecule has 0 saturated heterocycles. The van der Waals surface area contributed by atoms with Crippen molar-refractivity contribution in [3.05, 3.63) is 83.6 Å². The zero-order chi connectivity index (χ0) is 23.7. The summed E-state index contributed by atoms with van der Waals surface area (Å²) < 4.78 is 15.7. The zero-order valence-electron chi connectivity index (χ0n) is 17.6. The molecule has 0 spiro atoms. The molecule has 2 aliphatic heterocycles.